The lowest BCUT2D eigenvalue weighted by Crippen LogP contribution is -2.58. The summed E-state index contributed by atoms with van der Waals surface area (Å²) in [5.41, 5.74) is 15.6. The molecule has 17 heteroatoms. The first-order chi connectivity index (χ1) is 35.0. The number of nitrogen functional groups attached to an aromatic ring is 1. The molecule has 16 nitrogen and oxygen atoms in total. The standard InChI is InChI=1S/C56H67N11O5S/c1-33-29-65(46-25-45(63-64-51(46)57)44-9-7-8-10-48(44)69)30-34(2)67(33)55-59-27-42(28-60-55)39-17-11-36(12-18-39)23-37-13-21-41(22-14-37)52(70)62-50(56(4,5)6)54(72)66-31-43(68)24-47(66)53(71)58-26-38-15-19-40(20-16-38)49-35(3)61-32-73-49/h7-12,15-20,25,27-28,32-34,37,41,43,47,50,68-69H,13-14,21-24,26,29-31H2,1-6H3,(H2,57,64)(H,58,71)(H,62,70)/t33?,34?,37?,41?,43-,47+,50-/m1/s1. The number of aryl methyl sites for hydroxylation is 1. The average Bonchev–Trinajstić information content (AvgIpc) is 4.00. The van der Waals surface area contributed by atoms with E-state index in [1.54, 1.807) is 23.5 Å². The molecule has 3 amide bonds. The van der Waals surface area contributed by atoms with Crippen molar-refractivity contribution in [2.45, 2.75) is 117 Å². The van der Waals surface area contributed by atoms with Crippen LogP contribution in [0.25, 0.3) is 32.8 Å². The van der Waals surface area contributed by atoms with Crippen molar-refractivity contribution in [2.24, 2.45) is 17.3 Å². The maximum absolute atomic E-state index is 14.3. The van der Waals surface area contributed by atoms with Crippen molar-refractivity contribution in [3.63, 3.8) is 0 Å². The molecule has 2 unspecified atom stereocenters. The topological polar surface area (TPSA) is 216 Å². The van der Waals surface area contributed by atoms with E-state index < -0.39 is 23.6 Å². The van der Waals surface area contributed by atoms with Gasteiger partial charge >= 0.3 is 0 Å². The van der Waals surface area contributed by atoms with Gasteiger partial charge in [-0.3, -0.25) is 14.4 Å². The average molecular weight is 1010 g/mol. The van der Waals surface area contributed by atoms with Gasteiger partial charge in [0.25, 0.3) is 0 Å². The molecule has 0 spiro atoms. The van der Waals surface area contributed by atoms with Crippen LogP contribution >= 0.6 is 11.3 Å². The molecule has 3 fully saturated rings. The second kappa shape index (κ2) is 21.6. The number of aliphatic hydroxyl groups excluding tert-OH is 1. The Morgan fingerprint density at radius 2 is 1.48 bits per heavy atom. The van der Waals surface area contributed by atoms with Crippen LogP contribution in [0.4, 0.5) is 17.5 Å². The number of hydrogen-bond donors (Lipinski definition) is 5. The highest BCUT2D eigenvalue weighted by Crippen LogP contribution is 2.36. The van der Waals surface area contributed by atoms with Gasteiger partial charge in [-0.15, -0.1) is 21.5 Å². The van der Waals surface area contributed by atoms with Gasteiger partial charge in [0.15, 0.2) is 5.82 Å². The Labute approximate surface area is 431 Å². The summed E-state index contributed by atoms with van der Waals surface area (Å²) >= 11 is 1.59. The monoisotopic (exact) mass is 1010 g/mol. The van der Waals surface area contributed by atoms with E-state index in [0.29, 0.717) is 42.0 Å². The highest BCUT2D eigenvalue weighted by atomic mass is 32.1. The molecule has 3 aromatic heterocycles. The van der Waals surface area contributed by atoms with Gasteiger partial charge in [-0.2, -0.15) is 0 Å². The van der Waals surface area contributed by atoms with Gasteiger partial charge in [-0.05, 0) is 105 Å². The number of carbonyl (C=O) groups excluding carboxylic acids is 3. The largest absolute Gasteiger partial charge is 0.507 e. The van der Waals surface area contributed by atoms with Gasteiger partial charge < -0.3 is 41.3 Å². The van der Waals surface area contributed by atoms with Crippen LogP contribution in [0.1, 0.15) is 83.5 Å². The molecule has 9 rings (SSSR count). The van der Waals surface area contributed by atoms with Crippen LogP contribution in [0.5, 0.6) is 5.75 Å². The summed E-state index contributed by atoms with van der Waals surface area (Å²) in [5.74, 6) is 0.528. The predicted molar refractivity (Wildman–Crippen MR) is 285 cm³/mol. The van der Waals surface area contributed by atoms with Gasteiger partial charge in [-0.25, -0.2) is 15.0 Å². The van der Waals surface area contributed by atoms with Gasteiger partial charge in [-0.1, -0.05) is 81.4 Å². The fraction of sp³-hybridized carbons (Fsp3) is 0.429. The fourth-order valence-corrected chi connectivity index (χ4v) is 11.6. The van der Waals surface area contributed by atoms with E-state index in [1.165, 1.54) is 10.5 Å². The number of piperazine rings is 1. The lowest BCUT2D eigenvalue weighted by atomic mass is 9.78. The highest BCUT2D eigenvalue weighted by molar-refractivity contribution is 7.13. The van der Waals surface area contributed by atoms with E-state index in [-0.39, 0.29) is 61.0 Å². The van der Waals surface area contributed by atoms with E-state index in [1.807, 2.05) is 88.1 Å². The van der Waals surface area contributed by atoms with E-state index in [4.69, 9.17) is 15.7 Å². The van der Waals surface area contributed by atoms with Crippen molar-refractivity contribution >= 4 is 46.5 Å². The number of aliphatic hydroxyl groups is 1. The third-order valence-electron chi connectivity index (χ3n) is 14.8. The van der Waals surface area contributed by atoms with Crippen LogP contribution in [-0.4, -0.2) is 108 Å². The number of para-hydroxylation sites is 1. The molecule has 382 valence electrons. The summed E-state index contributed by atoms with van der Waals surface area (Å²) in [5, 5.41) is 35.7. The number of nitrogens with zero attached hydrogens (tertiary/aromatic N) is 8. The second-order valence-corrected chi connectivity index (χ2v) is 22.2. The minimum atomic E-state index is -0.868. The first-order valence-corrected chi connectivity index (χ1v) is 26.3. The molecule has 3 aromatic carbocycles. The number of benzene rings is 3. The van der Waals surface area contributed by atoms with Crippen LogP contribution in [0, 0.1) is 24.2 Å². The van der Waals surface area contributed by atoms with Crippen LogP contribution < -0.4 is 26.2 Å². The zero-order valence-corrected chi connectivity index (χ0v) is 43.3. The number of β-amino-alcohol motifs (C(OH)–C–C–N with tert-alkyl or cyclic N) is 1. The minimum Gasteiger partial charge on any atom is -0.507 e. The SMILES string of the molecule is Cc1ncsc1-c1ccc(CNC(=O)[C@@H]2C[C@@H](O)CN2C(=O)[C@@H](NC(=O)C2CCC(Cc3ccc(-c4cnc(N5C(C)CN(c6cc(-c7ccccc7O)nnc6N)CC5C)nc4)cc3)CC2)C(C)(C)C)cc1. The summed E-state index contributed by atoms with van der Waals surface area (Å²) in [6.45, 7) is 13.7. The highest BCUT2D eigenvalue weighted by Gasteiger charge is 2.45. The molecule has 5 heterocycles. The Hall–Kier alpha value is -6.98. The van der Waals surface area contributed by atoms with Gasteiger partial charge in [0.2, 0.25) is 23.7 Å². The summed E-state index contributed by atoms with van der Waals surface area (Å²) in [4.78, 5) is 62.8. The third-order valence-corrected chi connectivity index (χ3v) is 15.8. The number of hydrogen-bond acceptors (Lipinski definition) is 14. The zero-order chi connectivity index (χ0) is 51.6. The van der Waals surface area contributed by atoms with Gasteiger partial charge in [0.1, 0.15) is 17.8 Å². The van der Waals surface area contributed by atoms with Crippen LogP contribution in [0.3, 0.4) is 0 Å². The third kappa shape index (κ3) is 11.5. The molecule has 1 saturated carbocycles. The number of aromatic hydroxyl groups is 1. The van der Waals surface area contributed by atoms with Crippen molar-refractivity contribution in [3.8, 4) is 38.6 Å². The number of thiazole rings is 1. The zero-order valence-electron chi connectivity index (χ0n) is 42.5. The molecule has 5 atom stereocenters. The number of anilines is 3. The molecule has 73 heavy (non-hydrogen) atoms. The van der Waals surface area contributed by atoms with Gasteiger partial charge in [0.05, 0.1) is 33.6 Å². The lowest BCUT2D eigenvalue weighted by Gasteiger charge is -2.45. The molecule has 0 radical (unpaired) electrons. The molecular formula is C56H67N11O5S. The number of aromatic nitrogens is 5. The second-order valence-electron chi connectivity index (χ2n) is 21.3. The summed E-state index contributed by atoms with van der Waals surface area (Å²) < 4.78 is 0. The first kappa shape index (κ1) is 50.9. The van der Waals surface area contributed by atoms with E-state index in [0.717, 1.165) is 70.6 Å². The molecule has 6 aromatic rings. The predicted octanol–water partition coefficient (Wildman–Crippen LogP) is 7.58. The number of likely N-dealkylation sites (tertiary alicyclic amines) is 1. The number of amides is 3. The Morgan fingerprint density at radius 3 is 2.12 bits per heavy atom. The number of carbonyl (C=O) groups is 3. The maximum atomic E-state index is 14.3. The van der Waals surface area contributed by atoms with Crippen LogP contribution in [-0.2, 0) is 27.3 Å². The Balaban J connectivity index is 0.749. The molecular weight excluding hydrogens is 939 g/mol. The molecule has 2 aliphatic heterocycles. The Morgan fingerprint density at radius 1 is 0.822 bits per heavy atom. The quantitative estimate of drug-likeness (QED) is 0.0755. The summed E-state index contributed by atoms with van der Waals surface area (Å²) in [7, 11) is 0. The number of nitrogens with two attached hydrogens (primary N) is 1. The van der Waals surface area contributed by atoms with Crippen LogP contribution in [0.15, 0.2) is 96.8 Å². The number of rotatable bonds is 13. The van der Waals surface area contributed by atoms with E-state index >= 15 is 0 Å². The molecule has 6 N–H and O–H groups in total. The maximum Gasteiger partial charge on any atom is 0.246 e. The number of nitrogens with one attached hydrogen (secondary N) is 2. The lowest BCUT2D eigenvalue weighted by molar-refractivity contribution is -0.144. The van der Waals surface area contributed by atoms with E-state index in [2.05, 4.69) is 73.7 Å². The first-order valence-electron chi connectivity index (χ1n) is 25.4. The minimum absolute atomic E-state index is 0.0288. The summed E-state index contributed by atoms with van der Waals surface area (Å²) in [6, 6.07) is 23.9. The van der Waals surface area contributed by atoms with Gasteiger partial charge in [0, 0.05) is 74.1 Å². The van der Waals surface area contributed by atoms with Crippen LogP contribution in [0.2, 0.25) is 0 Å². The molecule has 1 aliphatic carbocycles. The normalized spacial score (nSPS) is 21.7. The van der Waals surface area contributed by atoms with Crippen molar-refractivity contribution in [3.05, 3.63) is 114 Å². The Kier molecular flexibility index (Phi) is 15.1. The molecule has 3 aliphatic rings. The molecule has 0 bridgehead atoms. The van der Waals surface area contributed by atoms with Crippen molar-refractivity contribution in [1.29, 1.82) is 0 Å². The summed E-state index contributed by atoms with van der Waals surface area (Å²) in [6.07, 6.45) is 7.21. The number of phenols is 1. The smallest absolute Gasteiger partial charge is 0.246 e. The molecule has 2 saturated heterocycles. The van der Waals surface area contributed by atoms with Crippen molar-refractivity contribution in [1.82, 2.24) is 40.7 Å². The Bertz CT molecular complexity index is 2890. The van der Waals surface area contributed by atoms with Crippen molar-refractivity contribution in [2.75, 3.05) is 35.2 Å². The number of phenolic OH excluding ortho intramolecular Hbond substituents is 1. The fourth-order valence-electron chi connectivity index (χ4n) is 10.8. The van der Waals surface area contributed by atoms with Crippen molar-refractivity contribution < 1.29 is 24.6 Å². The van der Waals surface area contributed by atoms with E-state index in [9.17, 15) is 24.6 Å².